The fraction of sp³-hybridized carbons (Fsp3) is 0.792. The molecule has 0 bridgehead atoms. The van der Waals surface area contributed by atoms with E-state index in [9.17, 15) is 15.2 Å². The van der Waals surface area contributed by atoms with E-state index in [1.807, 2.05) is 31.7 Å². The van der Waals surface area contributed by atoms with E-state index in [-0.39, 0.29) is 23.6 Å². The maximum absolute atomic E-state index is 12.8. The number of thioether (sulfide) groups is 1. The van der Waals surface area contributed by atoms with Gasteiger partial charge in [0.1, 0.15) is 31.0 Å². The Morgan fingerprint density at radius 1 is 1.33 bits per heavy atom. The SMILES string of the molecule is CCOc1ccn([C@]2(C#N)OC3COO[Si](C(C)C)(C(C)CCC(C)SC(C)C)O[C@H]3[C@H]2O)c(=O)n1. The van der Waals surface area contributed by atoms with E-state index in [0.717, 1.165) is 17.4 Å². The zero-order valence-corrected chi connectivity index (χ0v) is 24.0. The van der Waals surface area contributed by atoms with Gasteiger partial charge in [-0.25, -0.2) is 9.68 Å². The van der Waals surface area contributed by atoms with E-state index in [1.165, 1.54) is 12.3 Å². The van der Waals surface area contributed by atoms with Crippen LogP contribution in [0.5, 0.6) is 5.88 Å². The monoisotopic (exact) mass is 541 g/mol. The van der Waals surface area contributed by atoms with Crippen LogP contribution in [-0.2, 0) is 24.4 Å². The van der Waals surface area contributed by atoms with Gasteiger partial charge in [0.25, 0.3) is 5.72 Å². The molecular formula is C24H39N3O7SSi. The summed E-state index contributed by atoms with van der Waals surface area (Å²) in [5, 5.41) is 22.6. The summed E-state index contributed by atoms with van der Waals surface area (Å²) < 4.78 is 25.0. The van der Waals surface area contributed by atoms with Gasteiger partial charge in [-0.15, -0.1) is 0 Å². The number of hydrogen-bond donors (Lipinski definition) is 1. The third-order valence-electron chi connectivity index (χ3n) is 6.74. The van der Waals surface area contributed by atoms with E-state index in [4.69, 9.17) is 23.4 Å². The van der Waals surface area contributed by atoms with Crippen LogP contribution in [0.3, 0.4) is 0 Å². The minimum atomic E-state index is -3.06. The lowest BCUT2D eigenvalue weighted by Crippen LogP contribution is -2.55. The van der Waals surface area contributed by atoms with Crippen LogP contribution in [0, 0.1) is 11.3 Å². The molecule has 202 valence electrons. The Labute approximate surface area is 218 Å². The highest BCUT2D eigenvalue weighted by Crippen LogP contribution is 2.46. The second-order valence-corrected chi connectivity index (χ2v) is 16.1. The van der Waals surface area contributed by atoms with Gasteiger partial charge in [0.15, 0.2) is 0 Å². The standard InChI is InChI=1S/C24H39N3O7SSi/c1-8-30-20-11-12-27(23(29)26-20)24(14-25)22(28)21-19(32-24)13-31-34-36(33-21,16(4)5)18(7)10-9-17(6)35-15(2)3/h11-12,15-19,21-22,28H,8-10,13H2,1-7H3/t17?,18?,19?,21-,22-,24-,36?/m1/s1. The number of nitrogens with zero attached hydrogens (tertiary/aromatic N) is 3. The van der Waals surface area contributed by atoms with Crippen molar-refractivity contribution < 1.29 is 28.5 Å². The van der Waals surface area contributed by atoms with Crippen LogP contribution in [0.2, 0.25) is 11.1 Å². The zero-order chi connectivity index (χ0) is 26.7. The van der Waals surface area contributed by atoms with E-state index in [2.05, 4.69) is 32.7 Å². The molecule has 0 amide bonds. The van der Waals surface area contributed by atoms with Crippen LogP contribution < -0.4 is 10.4 Å². The molecule has 1 aromatic rings. The van der Waals surface area contributed by atoms with Gasteiger partial charge in [-0.1, -0.05) is 41.5 Å². The van der Waals surface area contributed by atoms with E-state index < -0.39 is 38.3 Å². The molecule has 0 aliphatic carbocycles. The predicted molar refractivity (Wildman–Crippen MR) is 138 cm³/mol. The first-order valence-electron chi connectivity index (χ1n) is 12.6. The van der Waals surface area contributed by atoms with Crippen molar-refractivity contribution in [3.63, 3.8) is 0 Å². The molecule has 3 heterocycles. The van der Waals surface area contributed by atoms with Gasteiger partial charge in [-0.3, -0.25) is 9.14 Å². The fourth-order valence-electron chi connectivity index (χ4n) is 4.92. The second kappa shape index (κ2) is 11.9. The molecule has 0 saturated carbocycles. The normalized spacial score (nSPS) is 32.1. The Bertz CT molecular complexity index is 989. The van der Waals surface area contributed by atoms with E-state index >= 15 is 0 Å². The molecule has 1 aromatic heterocycles. The number of nitriles is 1. The maximum atomic E-state index is 12.8. The van der Waals surface area contributed by atoms with Gasteiger partial charge < -0.3 is 19.0 Å². The summed E-state index contributed by atoms with van der Waals surface area (Å²) >= 11 is 1.94. The molecule has 12 heteroatoms. The van der Waals surface area contributed by atoms with Crippen molar-refractivity contribution in [2.45, 2.75) is 107 Å². The van der Waals surface area contributed by atoms with Crippen LogP contribution in [0.4, 0.5) is 0 Å². The highest BCUT2D eigenvalue weighted by molar-refractivity contribution is 8.00. The minimum absolute atomic E-state index is 0.00143. The Kier molecular flexibility index (Phi) is 9.65. The van der Waals surface area contributed by atoms with Crippen molar-refractivity contribution in [2.24, 2.45) is 0 Å². The third kappa shape index (κ3) is 5.67. The molecule has 4 unspecified atom stereocenters. The van der Waals surface area contributed by atoms with Crippen LogP contribution in [0.15, 0.2) is 17.1 Å². The fourth-order valence-corrected chi connectivity index (χ4v) is 9.69. The van der Waals surface area contributed by atoms with Crippen LogP contribution >= 0.6 is 11.8 Å². The summed E-state index contributed by atoms with van der Waals surface area (Å²) in [7, 11) is -3.06. The molecule has 2 fully saturated rings. The predicted octanol–water partition coefficient (Wildman–Crippen LogP) is 3.48. The first kappa shape index (κ1) is 29.1. The molecule has 0 spiro atoms. The Hall–Kier alpha value is -1.46. The van der Waals surface area contributed by atoms with Gasteiger partial charge in [0, 0.05) is 23.1 Å². The van der Waals surface area contributed by atoms with E-state index in [1.54, 1.807) is 6.92 Å². The lowest BCUT2D eigenvalue weighted by molar-refractivity contribution is -0.247. The van der Waals surface area contributed by atoms with Crippen LogP contribution in [0.25, 0.3) is 0 Å². The van der Waals surface area contributed by atoms with Crippen molar-refractivity contribution in [2.75, 3.05) is 13.2 Å². The molecule has 0 aromatic carbocycles. The molecule has 10 nitrogen and oxygen atoms in total. The molecule has 2 aliphatic rings. The second-order valence-electron chi connectivity index (χ2n) is 10.1. The third-order valence-corrected chi connectivity index (χ3v) is 12.3. The molecule has 36 heavy (non-hydrogen) atoms. The number of rotatable bonds is 10. The average Bonchev–Trinajstić information content (AvgIpc) is 2.95. The lowest BCUT2D eigenvalue weighted by atomic mass is 10.0. The zero-order valence-electron chi connectivity index (χ0n) is 22.2. The summed E-state index contributed by atoms with van der Waals surface area (Å²) in [6.45, 7) is 14.8. The molecule has 1 N–H and O–H groups in total. The van der Waals surface area contributed by atoms with E-state index in [0.29, 0.717) is 17.1 Å². The molecule has 2 saturated heterocycles. The summed E-state index contributed by atoms with van der Waals surface area (Å²) in [5.74, 6) is 0.131. The van der Waals surface area contributed by atoms with Crippen molar-refractivity contribution in [3.05, 3.63) is 22.7 Å². The van der Waals surface area contributed by atoms with Crippen molar-refractivity contribution in [1.29, 1.82) is 5.26 Å². The highest BCUT2D eigenvalue weighted by Gasteiger charge is 2.63. The quantitative estimate of drug-likeness (QED) is 0.348. The molecular weight excluding hydrogens is 502 g/mol. The summed E-state index contributed by atoms with van der Waals surface area (Å²) in [6.07, 6.45) is 0.00998. The van der Waals surface area contributed by atoms with Crippen LogP contribution in [0.1, 0.15) is 61.3 Å². The number of ether oxygens (including phenoxy) is 2. The number of hydrogen-bond acceptors (Lipinski definition) is 10. The average molecular weight is 542 g/mol. The smallest absolute Gasteiger partial charge is 0.380 e. The summed E-state index contributed by atoms with van der Waals surface area (Å²) in [5.41, 5.74) is -2.75. The minimum Gasteiger partial charge on any atom is -0.478 e. The van der Waals surface area contributed by atoms with Crippen LogP contribution in [-0.4, -0.2) is 65.2 Å². The first-order valence-corrected chi connectivity index (χ1v) is 15.6. The van der Waals surface area contributed by atoms with Gasteiger partial charge in [0.2, 0.25) is 5.88 Å². The van der Waals surface area contributed by atoms with Gasteiger partial charge >= 0.3 is 14.3 Å². The van der Waals surface area contributed by atoms with Crippen molar-refractivity contribution in [3.8, 4) is 11.9 Å². The summed E-state index contributed by atoms with van der Waals surface area (Å²) in [4.78, 5) is 22.3. The van der Waals surface area contributed by atoms with Gasteiger partial charge in [-0.2, -0.15) is 22.0 Å². The Morgan fingerprint density at radius 3 is 2.64 bits per heavy atom. The largest absolute Gasteiger partial charge is 0.478 e. The molecule has 2 aliphatic heterocycles. The van der Waals surface area contributed by atoms with Gasteiger partial charge in [0.05, 0.1) is 6.61 Å². The summed E-state index contributed by atoms with van der Waals surface area (Å²) in [6, 6.07) is 3.46. The molecule has 7 atom stereocenters. The first-order chi connectivity index (χ1) is 17.0. The number of fused-ring (bicyclic) bond motifs is 1. The number of aliphatic hydroxyl groups is 1. The Morgan fingerprint density at radius 2 is 2.06 bits per heavy atom. The van der Waals surface area contributed by atoms with Gasteiger partial charge in [-0.05, 0) is 30.6 Å². The molecule has 0 radical (unpaired) electrons. The number of aromatic nitrogens is 2. The topological polar surface area (TPSA) is 125 Å². The van der Waals surface area contributed by atoms with Crippen molar-refractivity contribution in [1.82, 2.24) is 9.55 Å². The molecule has 3 rings (SSSR count). The van der Waals surface area contributed by atoms with Crippen molar-refractivity contribution >= 4 is 20.3 Å². The Balaban J connectivity index is 1.89. The lowest BCUT2D eigenvalue weighted by Gasteiger charge is -2.39. The number of aliphatic hydroxyl groups excluding tert-OH is 1. The maximum Gasteiger partial charge on any atom is 0.380 e. The highest BCUT2D eigenvalue weighted by atomic mass is 32.2.